The molecular weight excluding hydrogens is 516 g/mol. The quantitative estimate of drug-likeness (QED) is 0.231. The van der Waals surface area contributed by atoms with Crippen LogP contribution in [0.2, 0.25) is 0 Å². The van der Waals surface area contributed by atoms with Gasteiger partial charge in [0.2, 0.25) is 5.88 Å². The number of thiophene rings is 1. The molecule has 5 rings (SSSR count). The number of ether oxygens (including phenoxy) is 3. The van der Waals surface area contributed by atoms with Gasteiger partial charge in [0.05, 0.1) is 37.6 Å². The standard InChI is InChI=1S/C30H30N2O6S/c1-5-38-30(35)26-21-14-17(2)10-13-25(21)39-27(26)31-16-22-19-8-6-7-9-20(19)28(33)32(29(22)34)18-11-12-23(36-3)24(15-18)37-4/h6-9,11-12,15-17,34H,5,10,13-14H2,1-4H3/t17-/m1/s1. The zero-order chi connectivity index (χ0) is 27.7. The van der Waals surface area contributed by atoms with Gasteiger partial charge >= 0.3 is 5.97 Å². The van der Waals surface area contributed by atoms with Crippen molar-refractivity contribution >= 4 is 39.3 Å². The summed E-state index contributed by atoms with van der Waals surface area (Å²) < 4.78 is 17.3. The molecule has 0 saturated carbocycles. The van der Waals surface area contributed by atoms with E-state index in [0.29, 0.717) is 50.0 Å². The monoisotopic (exact) mass is 546 g/mol. The molecule has 8 nitrogen and oxygen atoms in total. The van der Waals surface area contributed by atoms with Crippen molar-refractivity contribution in [3.63, 3.8) is 0 Å². The Hall–Kier alpha value is -4.11. The van der Waals surface area contributed by atoms with Crippen molar-refractivity contribution in [2.75, 3.05) is 20.8 Å². The molecule has 2 aromatic heterocycles. The van der Waals surface area contributed by atoms with Crippen molar-refractivity contribution in [1.82, 2.24) is 4.57 Å². The van der Waals surface area contributed by atoms with Crippen LogP contribution < -0.4 is 15.0 Å². The first-order chi connectivity index (χ1) is 18.9. The zero-order valence-electron chi connectivity index (χ0n) is 22.3. The van der Waals surface area contributed by atoms with Crippen molar-refractivity contribution < 1.29 is 24.1 Å². The van der Waals surface area contributed by atoms with E-state index < -0.39 is 0 Å². The largest absolute Gasteiger partial charge is 0.494 e. The van der Waals surface area contributed by atoms with E-state index in [0.717, 1.165) is 29.7 Å². The van der Waals surface area contributed by atoms with Crippen LogP contribution in [0.15, 0.2) is 52.3 Å². The second-order valence-corrected chi connectivity index (χ2v) is 10.6. The first-order valence-electron chi connectivity index (χ1n) is 12.8. The number of methoxy groups -OCH3 is 2. The fourth-order valence-corrected chi connectivity index (χ4v) is 6.24. The SMILES string of the molecule is CCOC(=O)c1c(N=Cc2c(O)n(-c3ccc(OC)c(OC)c3)c(=O)c3ccccc23)sc2c1C[C@H](C)CC2. The number of pyridine rings is 1. The molecule has 0 aliphatic heterocycles. The van der Waals surface area contributed by atoms with Crippen LogP contribution in [0.1, 0.15) is 46.6 Å². The van der Waals surface area contributed by atoms with Gasteiger partial charge in [-0.15, -0.1) is 11.3 Å². The Kier molecular flexibility index (Phi) is 7.43. The number of fused-ring (bicyclic) bond motifs is 2. The molecule has 4 aromatic rings. The third-order valence-electron chi connectivity index (χ3n) is 7.01. The average molecular weight is 547 g/mol. The number of hydrogen-bond acceptors (Lipinski definition) is 8. The summed E-state index contributed by atoms with van der Waals surface area (Å²) in [5.41, 5.74) is 1.88. The number of hydrogen-bond donors (Lipinski definition) is 1. The highest BCUT2D eigenvalue weighted by Gasteiger charge is 2.28. The van der Waals surface area contributed by atoms with Gasteiger partial charge in [-0.05, 0) is 55.9 Å². The van der Waals surface area contributed by atoms with E-state index in [1.807, 2.05) is 0 Å². The number of carbonyl (C=O) groups is 1. The van der Waals surface area contributed by atoms with E-state index in [2.05, 4.69) is 6.92 Å². The van der Waals surface area contributed by atoms with Crippen LogP contribution in [-0.4, -0.2) is 42.7 Å². The topological polar surface area (TPSA) is 99.3 Å². The number of aromatic hydroxyl groups is 1. The van der Waals surface area contributed by atoms with Crippen molar-refractivity contribution in [1.29, 1.82) is 0 Å². The molecule has 1 N–H and O–H groups in total. The van der Waals surface area contributed by atoms with Crippen LogP contribution >= 0.6 is 11.3 Å². The number of aliphatic imine (C=N–C) groups is 1. The number of carbonyl (C=O) groups excluding carboxylic acids is 1. The van der Waals surface area contributed by atoms with Crippen LogP contribution in [0.4, 0.5) is 5.00 Å². The lowest BCUT2D eigenvalue weighted by Crippen LogP contribution is -2.20. The molecule has 2 aromatic carbocycles. The van der Waals surface area contributed by atoms with Crippen molar-refractivity contribution in [2.24, 2.45) is 10.9 Å². The highest BCUT2D eigenvalue weighted by molar-refractivity contribution is 7.16. The molecule has 9 heteroatoms. The second kappa shape index (κ2) is 10.9. The maximum Gasteiger partial charge on any atom is 0.341 e. The maximum atomic E-state index is 13.5. The molecule has 0 fully saturated rings. The highest BCUT2D eigenvalue weighted by atomic mass is 32.1. The normalized spacial score (nSPS) is 14.9. The van der Waals surface area contributed by atoms with Gasteiger partial charge in [-0.1, -0.05) is 25.1 Å². The van der Waals surface area contributed by atoms with Crippen LogP contribution in [0.5, 0.6) is 17.4 Å². The third-order valence-corrected chi connectivity index (χ3v) is 8.21. The van der Waals surface area contributed by atoms with E-state index in [4.69, 9.17) is 19.2 Å². The molecule has 0 unspecified atom stereocenters. The summed E-state index contributed by atoms with van der Waals surface area (Å²) in [5.74, 6) is 0.721. The smallest absolute Gasteiger partial charge is 0.341 e. The van der Waals surface area contributed by atoms with Gasteiger partial charge in [-0.25, -0.2) is 14.4 Å². The Labute approximate surface area is 230 Å². The van der Waals surface area contributed by atoms with Crippen LogP contribution in [-0.2, 0) is 17.6 Å². The zero-order valence-corrected chi connectivity index (χ0v) is 23.1. The van der Waals surface area contributed by atoms with Gasteiger partial charge in [0.15, 0.2) is 11.5 Å². The molecule has 0 saturated heterocycles. The number of aryl methyl sites for hydroxylation is 1. The number of aromatic nitrogens is 1. The van der Waals surface area contributed by atoms with Crippen LogP contribution in [0, 0.1) is 5.92 Å². The van der Waals surface area contributed by atoms with E-state index in [1.54, 1.807) is 49.4 Å². The first-order valence-corrected chi connectivity index (χ1v) is 13.6. The number of benzene rings is 2. The van der Waals surface area contributed by atoms with Crippen LogP contribution in [0.3, 0.4) is 0 Å². The summed E-state index contributed by atoms with van der Waals surface area (Å²) in [6.07, 6.45) is 4.27. The van der Waals surface area contributed by atoms with E-state index in [1.165, 1.54) is 36.3 Å². The van der Waals surface area contributed by atoms with E-state index in [-0.39, 0.29) is 24.0 Å². The molecule has 1 atom stereocenters. The lowest BCUT2D eigenvalue weighted by Gasteiger charge is -2.18. The fraction of sp³-hybridized carbons (Fsp3) is 0.300. The third kappa shape index (κ3) is 4.78. The summed E-state index contributed by atoms with van der Waals surface area (Å²) >= 11 is 1.48. The molecule has 0 spiro atoms. The minimum Gasteiger partial charge on any atom is -0.494 e. The Balaban J connectivity index is 1.70. The number of nitrogens with zero attached hydrogens (tertiary/aromatic N) is 2. The van der Waals surface area contributed by atoms with Gasteiger partial charge in [0.25, 0.3) is 5.56 Å². The predicted octanol–water partition coefficient (Wildman–Crippen LogP) is 5.83. The molecule has 0 amide bonds. The van der Waals surface area contributed by atoms with E-state index in [9.17, 15) is 14.7 Å². The fourth-order valence-electron chi connectivity index (χ4n) is 5.06. The van der Waals surface area contributed by atoms with Crippen LogP contribution in [0.25, 0.3) is 16.5 Å². The second-order valence-electron chi connectivity index (χ2n) is 9.47. The van der Waals surface area contributed by atoms with Gasteiger partial charge < -0.3 is 19.3 Å². The molecule has 2 heterocycles. The Morgan fingerprint density at radius 3 is 2.62 bits per heavy atom. The van der Waals surface area contributed by atoms with Gasteiger partial charge in [0, 0.05) is 27.9 Å². The number of rotatable bonds is 7. The van der Waals surface area contributed by atoms with Crippen molar-refractivity contribution in [2.45, 2.75) is 33.1 Å². The summed E-state index contributed by atoms with van der Waals surface area (Å²) in [4.78, 5) is 32.4. The highest BCUT2D eigenvalue weighted by Crippen LogP contribution is 2.42. The first kappa shape index (κ1) is 26.5. The Morgan fingerprint density at radius 1 is 1.15 bits per heavy atom. The molecular formula is C30H30N2O6S. The predicted molar refractivity (Wildman–Crippen MR) is 153 cm³/mol. The molecule has 0 radical (unpaired) electrons. The minimum atomic E-state index is -0.389. The Morgan fingerprint density at radius 2 is 1.90 bits per heavy atom. The molecule has 1 aliphatic carbocycles. The lowest BCUT2D eigenvalue weighted by molar-refractivity contribution is 0.0526. The molecule has 1 aliphatic rings. The maximum absolute atomic E-state index is 13.5. The summed E-state index contributed by atoms with van der Waals surface area (Å²) in [6.45, 7) is 4.23. The molecule has 0 bridgehead atoms. The summed E-state index contributed by atoms with van der Waals surface area (Å²) in [6, 6.07) is 12.0. The summed E-state index contributed by atoms with van der Waals surface area (Å²) in [5, 5.41) is 13.0. The number of esters is 1. The van der Waals surface area contributed by atoms with Gasteiger partial charge in [-0.2, -0.15) is 0 Å². The molecule has 39 heavy (non-hydrogen) atoms. The minimum absolute atomic E-state index is 0.268. The van der Waals surface area contributed by atoms with Crippen molar-refractivity contribution in [3.8, 4) is 23.1 Å². The summed E-state index contributed by atoms with van der Waals surface area (Å²) in [7, 11) is 3.03. The van der Waals surface area contributed by atoms with Gasteiger partial charge in [0.1, 0.15) is 5.00 Å². The van der Waals surface area contributed by atoms with Gasteiger partial charge in [-0.3, -0.25) is 4.79 Å². The Bertz CT molecular complexity index is 1650. The van der Waals surface area contributed by atoms with Crippen molar-refractivity contribution in [3.05, 3.63) is 74.4 Å². The van der Waals surface area contributed by atoms with E-state index >= 15 is 0 Å². The lowest BCUT2D eigenvalue weighted by atomic mass is 9.88. The molecule has 202 valence electrons. The average Bonchev–Trinajstić information content (AvgIpc) is 3.30.